The van der Waals surface area contributed by atoms with E-state index in [0.717, 1.165) is 25.7 Å². The predicted molar refractivity (Wildman–Crippen MR) is 148 cm³/mol. The van der Waals surface area contributed by atoms with Crippen LogP contribution in [0.5, 0.6) is 0 Å². The van der Waals surface area contributed by atoms with Gasteiger partial charge in [0.2, 0.25) is 5.91 Å². The normalized spacial score (nSPS) is 29.8. The average Bonchev–Trinajstić information content (AvgIpc) is 3.65. The molecule has 0 spiro atoms. The summed E-state index contributed by atoms with van der Waals surface area (Å²) in [7, 11) is 0. The second kappa shape index (κ2) is 14.4. The Balaban J connectivity index is 1.98. The number of ether oxygens (including phenoxy) is 4. The van der Waals surface area contributed by atoms with Gasteiger partial charge in [0, 0.05) is 30.2 Å². The minimum atomic E-state index is -0.490. The van der Waals surface area contributed by atoms with Crippen LogP contribution in [0.1, 0.15) is 87.0 Å². The number of nitrogens with zero attached hydrogens (tertiary/aromatic N) is 1. The highest BCUT2D eigenvalue weighted by Gasteiger charge is 2.60. The van der Waals surface area contributed by atoms with Crippen molar-refractivity contribution in [2.75, 3.05) is 13.2 Å². The zero-order valence-corrected chi connectivity index (χ0v) is 24.7. The van der Waals surface area contributed by atoms with Gasteiger partial charge in [0.1, 0.15) is 0 Å². The Morgan fingerprint density at radius 2 is 1.26 bits per heavy atom. The fraction of sp³-hybridized carbons (Fsp3) is 0.767. The van der Waals surface area contributed by atoms with Crippen LogP contribution in [0.3, 0.4) is 0 Å². The fourth-order valence-electron chi connectivity index (χ4n) is 6.04. The number of esters is 2. The molecule has 3 aliphatic rings. The van der Waals surface area contributed by atoms with Crippen LogP contribution in [-0.4, -0.2) is 84.5 Å². The van der Waals surface area contributed by atoms with Gasteiger partial charge in [-0.15, -0.1) is 0 Å². The Labute approximate surface area is 233 Å². The van der Waals surface area contributed by atoms with Crippen molar-refractivity contribution in [3.63, 3.8) is 0 Å². The summed E-state index contributed by atoms with van der Waals surface area (Å²) in [5.74, 6) is -0.830. The first-order valence-corrected chi connectivity index (χ1v) is 14.8. The Kier molecular flexibility index (Phi) is 11.6. The molecule has 0 aromatic carbocycles. The van der Waals surface area contributed by atoms with Crippen molar-refractivity contribution in [1.82, 2.24) is 10.2 Å². The minimum Gasteiger partial charge on any atom is -0.463 e. The molecule has 1 amide bonds. The number of fused-ring (bicyclic) bond motifs is 1. The number of nitrogens with one attached hydrogen (secondary N) is 1. The summed E-state index contributed by atoms with van der Waals surface area (Å²) < 4.78 is 23.8. The molecule has 0 aromatic rings. The third-order valence-electron chi connectivity index (χ3n) is 8.07. The van der Waals surface area contributed by atoms with E-state index < -0.39 is 6.10 Å². The van der Waals surface area contributed by atoms with E-state index in [1.54, 1.807) is 13.8 Å². The average molecular weight is 549 g/mol. The third-order valence-corrected chi connectivity index (χ3v) is 8.07. The maximum Gasteiger partial charge on any atom is 0.333 e. The van der Waals surface area contributed by atoms with E-state index in [1.165, 1.54) is 6.92 Å². The highest BCUT2D eigenvalue weighted by molar-refractivity contribution is 5.90. The van der Waals surface area contributed by atoms with E-state index >= 15 is 0 Å². The maximum absolute atomic E-state index is 13.0. The molecule has 1 saturated heterocycles. The van der Waals surface area contributed by atoms with Gasteiger partial charge in [-0.3, -0.25) is 9.69 Å². The molecule has 9 nitrogen and oxygen atoms in total. The summed E-state index contributed by atoms with van der Waals surface area (Å²) in [6, 6.07) is -0.534. The lowest BCUT2D eigenvalue weighted by Crippen LogP contribution is -2.57. The molecular formula is C30H48N2O7. The van der Waals surface area contributed by atoms with Crippen LogP contribution >= 0.6 is 0 Å². The SMILES string of the molecule is CCOC(=O)C1=C[C@@H](OC(CC)CC)C(NC(C)=O)C(N2C3CC(C(=O)OCC)=C[C@@H](OC(CC)CC)C32)C1. The topological polar surface area (TPSA) is 103 Å². The Morgan fingerprint density at radius 1 is 0.795 bits per heavy atom. The maximum atomic E-state index is 13.0. The molecule has 220 valence electrons. The predicted octanol–water partition coefficient (Wildman–Crippen LogP) is 3.85. The smallest absolute Gasteiger partial charge is 0.333 e. The first-order valence-electron chi connectivity index (χ1n) is 14.8. The number of hydrogen-bond donors (Lipinski definition) is 1. The van der Waals surface area contributed by atoms with E-state index in [-0.39, 0.29) is 66.9 Å². The Morgan fingerprint density at radius 3 is 1.72 bits per heavy atom. The zero-order valence-electron chi connectivity index (χ0n) is 24.7. The molecule has 2 aliphatic carbocycles. The van der Waals surface area contributed by atoms with Gasteiger partial charge in [0.25, 0.3) is 0 Å². The van der Waals surface area contributed by atoms with Crippen molar-refractivity contribution >= 4 is 17.8 Å². The van der Waals surface area contributed by atoms with Crippen molar-refractivity contribution in [3.8, 4) is 0 Å². The van der Waals surface area contributed by atoms with Crippen molar-refractivity contribution in [2.45, 2.75) is 136 Å². The van der Waals surface area contributed by atoms with E-state index in [9.17, 15) is 14.4 Å². The lowest BCUT2D eigenvalue weighted by Gasteiger charge is -2.39. The molecule has 5 unspecified atom stereocenters. The molecule has 39 heavy (non-hydrogen) atoms. The van der Waals surface area contributed by atoms with Gasteiger partial charge in [-0.05, 0) is 64.5 Å². The van der Waals surface area contributed by atoms with Crippen molar-refractivity contribution < 1.29 is 33.3 Å². The summed E-state index contributed by atoms with van der Waals surface area (Å²) in [4.78, 5) is 40.4. The summed E-state index contributed by atoms with van der Waals surface area (Å²) in [5, 5.41) is 3.14. The second-order valence-corrected chi connectivity index (χ2v) is 10.6. The van der Waals surface area contributed by atoms with Crippen LogP contribution in [-0.2, 0) is 33.3 Å². The van der Waals surface area contributed by atoms with Gasteiger partial charge in [0.05, 0.1) is 49.7 Å². The van der Waals surface area contributed by atoms with Crippen LogP contribution in [0, 0.1) is 0 Å². The fourth-order valence-corrected chi connectivity index (χ4v) is 6.04. The highest BCUT2D eigenvalue weighted by Crippen LogP contribution is 2.47. The quantitative estimate of drug-likeness (QED) is 0.258. The lowest BCUT2D eigenvalue weighted by molar-refractivity contribution is -0.140. The summed E-state index contributed by atoms with van der Waals surface area (Å²) in [5.41, 5.74) is 1.17. The Bertz CT molecular complexity index is 924. The van der Waals surface area contributed by atoms with Gasteiger partial charge >= 0.3 is 11.9 Å². The van der Waals surface area contributed by atoms with Crippen LogP contribution in [0.2, 0.25) is 0 Å². The van der Waals surface area contributed by atoms with Gasteiger partial charge in [0.15, 0.2) is 0 Å². The lowest BCUT2D eigenvalue weighted by atomic mass is 9.87. The number of carbonyl (C=O) groups excluding carboxylic acids is 3. The second-order valence-electron chi connectivity index (χ2n) is 10.6. The number of hydrogen-bond acceptors (Lipinski definition) is 8. The highest BCUT2D eigenvalue weighted by atomic mass is 16.5. The van der Waals surface area contributed by atoms with E-state index in [1.807, 2.05) is 12.2 Å². The summed E-state index contributed by atoms with van der Waals surface area (Å²) >= 11 is 0. The van der Waals surface area contributed by atoms with Crippen LogP contribution in [0.15, 0.2) is 23.3 Å². The molecule has 0 aromatic heterocycles. The molecule has 0 bridgehead atoms. The van der Waals surface area contributed by atoms with Gasteiger partial charge in [-0.2, -0.15) is 0 Å². The molecule has 9 heteroatoms. The van der Waals surface area contributed by atoms with Crippen LogP contribution in [0.25, 0.3) is 0 Å². The number of carbonyl (C=O) groups is 3. The summed E-state index contributed by atoms with van der Waals surface area (Å²) in [6.07, 6.45) is 7.35. The van der Waals surface area contributed by atoms with Crippen molar-refractivity contribution in [1.29, 1.82) is 0 Å². The standard InChI is InChI=1S/C30H48N2O7/c1-8-21(9-2)38-25-16-19(29(34)36-12-5)14-23(27(25)31-18(7)33)32-24-15-20(30(35)37-13-6)17-26(28(24)32)39-22(10-3)11-4/h16-17,21-28H,8-15H2,1-7H3,(H,31,33)/t23?,24?,25-,26-,27?,28?,32?/m1/s1. The van der Waals surface area contributed by atoms with E-state index in [0.29, 0.717) is 30.6 Å². The molecule has 1 fully saturated rings. The van der Waals surface area contributed by atoms with Gasteiger partial charge in [-0.25, -0.2) is 9.59 Å². The Hall–Kier alpha value is -2.23. The van der Waals surface area contributed by atoms with Gasteiger partial charge < -0.3 is 24.3 Å². The largest absolute Gasteiger partial charge is 0.463 e. The minimum absolute atomic E-state index is 0.00999. The van der Waals surface area contributed by atoms with E-state index in [2.05, 4.69) is 37.9 Å². The van der Waals surface area contributed by atoms with E-state index in [4.69, 9.17) is 18.9 Å². The van der Waals surface area contributed by atoms with Gasteiger partial charge in [-0.1, -0.05) is 27.7 Å². The van der Waals surface area contributed by atoms with Crippen LogP contribution < -0.4 is 5.32 Å². The molecule has 1 heterocycles. The van der Waals surface area contributed by atoms with Crippen LogP contribution in [0.4, 0.5) is 0 Å². The number of rotatable bonds is 14. The zero-order chi connectivity index (χ0) is 28.7. The molecule has 7 atom stereocenters. The molecular weight excluding hydrogens is 500 g/mol. The molecule has 0 radical (unpaired) electrons. The molecule has 1 N–H and O–H groups in total. The summed E-state index contributed by atoms with van der Waals surface area (Å²) in [6.45, 7) is 14.0. The first kappa shape index (κ1) is 31.3. The third kappa shape index (κ3) is 7.50. The molecule has 1 aliphatic heterocycles. The monoisotopic (exact) mass is 548 g/mol. The molecule has 0 saturated carbocycles. The molecule has 3 rings (SSSR count). The van der Waals surface area contributed by atoms with Crippen molar-refractivity contribution in [2.24, 2.45) is 0 Å². The first-order chi connectivity index (χ1) is 18.7. The number of amides is 1. The van der Waals surface area contributed by atoms with Crippen molar-refractivity contribution in [3.05, 3.63) is 23.3 Å².